The number of likely N-dealkylation sites (tertiary alicyclic amines) is 1. The SMILES string of the molecule is CC(=O)CC1CCCN1C(=O)c1cccc(C)c1I. The van der Waals surface area contributed by atoms with Gasteiger partial charge in [0, 0.05) is 22.6 Å². The fraction of sp³-hybridized carbons (Fsp3) is 0.467. The third kappa shape index (κ3) is 3.16. The molecule has 19 heavy (non-hydrogen) atoms. The Morgan fingerprint density at radius 3 is 2.84 bits per heavy atom. The molecule has 0 spiro atoms. The van der Waals surface area contributed by atoms with E-state index < -0.39 is 0 Å². The fourth-order valence-electron chi connectivity index (χ4n) is 2.61. The lowest BCUT2D eigenvalue weighted by Crippen LogP contribution is -2.37. The van der Waals surface area contributed by atoms with Gasteiger partial charge in [-0.25, -0.2) is 0 Å². The van der Waals surface area contributed by atoms with E-state index in [4.69, 9.17) is 0 Å². The molecule has 0 bridgehead atoms. The van der Waals surface area contributed by atoms with Gasteiger partial charge in [-0.1, -0.05) is 12.1 Å². The molecule has 1 fully saturated rings. The third-order valence-corrected chi connectivity index (χ3v) is 5.02. The van der Waals surface area contributed by atoms with Crippen LogP contribution in [-0.4, -0.2) is 29.2 Å². The van der Waals surface area contributed by atoms with Crippen LogP contribution in [0, 0.1) is 10.5 Å². The van der Waals surface area contributed by atoms with Gasteiger partial charge in [-0.2, -0.15) is 0 Å². The summed E-state index contributed by atoms with van der Waals surface area (Å²) in [5.74, 6) is 0.223. The molecular weight excluding hydrogens is 353 g/mol. The normalized spacial score (nSPS) is 18.7. The van der Waals surface area contributed by atoms with E-state index in [1.54, 1.807) is 6.92 Å². The maximum Gasteiger partial charge on any atom is 0.255 e. The predicted octanol–water partition coefficient (Wildman–Crippen LogP) is 3.18. The van der Waals surface area contributed by atoms with Crippen LogP contribution in [0.2, 0.25) is 0 Å². The molecule has 102 valence electrons. The number of amides is 1. The van der Waals surface area contributed by atoms with E-state index in [0.29, 0.717) is 6.42 Å². The highest BCUT2D eigenvalue weighted by atomic mass is 127. The summed E-state index contributed by atoms with van der Waals surface area (Å²) in [5.41, 5.74) is 1.88. The molecule has 1 aliphatic rings. The number of hydrogen-bond acceptors (Lipinski definition) is 2. The van der Waals surface area contributed by atoms with Gasteiger partial charge in [0.1, 0.15) is 5.78 Å². The number of halogens is 1. The van der Waals surface area contributed by atoms with Crippen LogP contribution in [0.15, 0.2) is 18.2 Å². The molecule has 0 N–H and O–H groups in total. The number of aryl methyl sites for hydroxylation is 1. The molecule has 1 heterocycles. The number of carbonyl (C=O) groups excluding carboxylic acids is 2. The molecule has 0 aliphatic carbocycles. The summed E-state index contributed by atoms with van der Waals surface area (Å²) < 4.78 is 1.01. The van der Waals surface area contributed by atoms with Crippen LogP contribution < -0.4 is 0 Å². The van der Waals surface area contributed by atoms with Gasteiger partial charge < -0.3 is 4.90 Å². The number of benzene rings is 1. The Morgan fingerprint density at radius 2 is 2.16 bits per heavy atom. The Morgan fingerprint density at radius 1 is 1.42 bits per heavy atom. The molecule has 1 atom stereocenters. The van der Waals surface area contributed by atoms with Gasteiger partial charge in [0.05, 0.1) is 5.56 Å². The molecule has 1 amide bonds. The molecule has 1 unspecified atom stereocenters. The smallest absolute Gasteiger partial charge is 0.255 e. The Hall–Kier alpha value is -0.910. The summed E-state index contributed by atoms with van der Waals surface area (Å²) >= 11 is 2.22. The van der Waals surface area contributed by atoms with Crippen LogP contribution in [0.4, 0.5) is 0 Å². The van der Waals surface area contributed by atoms with Crippen molar-refractivity contribution < 1.29 is 9.59 Å². The van der Waals surface area contributed by atoms with Crippen molar-refractivity contribution in [2.24, 2.45) is 0 Å². The molecule has 0 aromatic heterocycles. The first-order chi connectivity index (χ1) is 9.00. The minimum absolute atomic E-state index is 0.0665. The fourth-order valence-corrected chi connectivity index (χ4v) is 3.20. The van der Waals surface area contributed by atoms with Crippen LogP contribution in [0.25, 0.3) is 0 Å². The summed E-state index contributed by atoms with van der Waals surface area (Å²) in [6.07, 6.45) is 2.41. The Bertz CT molecular complexity index is 513. The summed E-state index contributed by atoms with van der Waals surface area (Å²) in [6, 6.07) is 5.89. The van der Waals surface area contributed by atoms with E-state index in [9.17, 15) is 9.59 Å². The number of hydrogen-bond donors (Lipinski definition) is 0. The lowest BCUT2D eigenvalue weighted by atomic mass is 10.1. The second kappa shape index (κ2) is 6.03. The topological polar surface area (TPSA) is 37.4 Å². The summed E-state index contributed by atoms with van der Waals surface area (Å²) in [4.78, 5) is 25.8. The van der Waals surface area contributed by atoms with Crippen LogP contribution >= 0.6 is 22.6 Å². The summed E-state index contributed by atoms with van der Waals surface area (Å²) in [7, 11) is 0. The first-order valence-electron chi connectivity index (χ1n) is 6.56. The summed E-state index contributed by atoms with van der Waals surface area (Å²) in [6.45, 7) is 4.37. The molecule has 1 aromatic rings. The van der Waals surface area contributed by atoms with Gasteiger partial charge in [0.2, 0.25) is 0 Å². The maximum absolute atomic E-state index is 12.6. The van der Waals surface area contributed by atoms with E-state index in [-0.39, 0.29) is 17.7 Å². The standard InChI is InChI=1S/C15H18INO2/c1-10-5-3-7-13(14(10)16)15(19)17-8-4-6-12(17)9-11(2)18/h3,5,7,12H,4,6,8-9H2,1-2H3. The number of Topliss-reactive ketones (excluding diaryl/α,β-unsaturated/α-hetero) is 1. The van der Waals surface area contributed by atoms with Crippen molar-refractivity contribution in [1.82, 2.24) is 4.90 Å². The summed E-state index contributed by atoms with van der Waals surface area (Å²) in [5, 5.41) is 0. The van der Waals surface area contributed by atoms with Crippen molar-refractivity contribution in [3.63, 3.8) is 0 Å². The molecule has 1 aliphatic heterocycles. The van der Waals surface area contributed by atoms with E-state index in [0.717, 1.165) is 34.1 Å². The van der Waals surface area contributed by atoms with Crippen LogP contribution in [0.3, 0.4) is 0 Å². The van der Waals surface area contributed by atoms with Gasteiger partial charge in [-0.3, -0.25) is 9.59 Å². The van der Waals surface area contributed by atoms with Crippen molar-refractivity contribution in [1.29, 1.82) is 0 Å². The predicted molar refractivity (Wildman–Crippen MR) is 83.3 cm³/mol. The van der Waals surface area contributed by atoms with Gasteiger partial charge in [-0.15, -0.1) is 0 Å². The monoisotopic (exact) mass is 371 g/mol. The van der Waals surface area contributed by atoms with Crippen molar-refractivity contribution in [2.45, 2.75) is 39.2 Å². The van der Waals surface area contributed by atoms with Crippen molar-refractivity contribution in [2.75, 3.05) is 6.54 Å². The highest BCUT2D eigenvalue weighted by molar-refractivity contribution is 14.1. The molecule has 0 radical (unpaired) electrons. The number of ketones is 1. The molecule has 2 rings (SSSR count). The number of rotatable bonds is 3. The van der Waals surface area contributed by atoms with Crippen molar-refractivity contribution >= 4 is 34.3 Å². The van der Waals surface area contributed by atoms with Crippen LogP contribution in [-0.2, 0) is 4.79 Å². The quantitative estimate of drug-likeness (QED) is 0.766. The Balaban J connectivity index is 2.23. The second-order valence-electron chi connectivity index (χ2n) is 5.14. The van der Waals surface area contributed by atoms with Gasteiger partial charge in [-0.05, 0) is 60.9 Å². The van der Waals surface area contributed by atoms with Crippen LogP contribution in [0.5, 0.6) is 0 Å². The molecule has 3 nitrogen and oxygen atoms in total. The zero-order valence-corrected chi connectivity index (χ0v) is 13.4. The molecule has 1 aromatic carbocycles. The first kappa shape index (κ1) is 14.5. The lowest BCUT2D eigenvalue weighted by molar-refractivity contribution is -0.117. The van der Waals surface area contributed by atoms with E-state index in [1.807, 2.05) is 30.0 Å². The maximum atomic E-state index is 12.6. The highest BCUT2D eigenvalue weighted by Crippen LogP contribution is 2.25. The van der Waals surface area contributed by atoms with Gasteiger partial charge in [0.25, 0.3) is 5.91 Å². The van der Waals surface area contributed by atoms with E-state index in [1.165, 1.54) is 0 Å². The van der Waals surface area contributed by atoms with E-state index >= 15 is 0 Å². The van der Waals surface area contributed by atoms with Crippen molar-refractivity contribution in [3.05, 3.63) is 32.9 Å². The van der Waals surface area contributed by atoms with Gasteiger partial charge >= 0.3 is 0 Å². The average Bonchev–Trinajstić information content (AvgIpc) is 2.79. The zero-order valence-electron chi connectivity index (χ0n) is 11.3. The highest BCUT2D eigenvalue weighted by Gasteiger charge is 2.30. The van der Waals surface area contributed by atoms with Crippen molar-refractivity contribution in [3.8, 4) is 0 Å². The van der Waals surface area contributed by atoms with Gasteiger partial charge in [0.15, 0.2) is 0 Å². The molecule has 4 heteroatoms. The zero-order chi connectivity index (χ0) is 14.0. The largest absolute Gasteiger partial charge is 0.335 e. The Labute approximate surface area is 127 Å². The molecular formula is C15H18INO2. The number of carbonyl (C=O) groups is 2. The molecule has 1 saturated heterocycles. The molecule has 0 saturated carbocycles. The number of nitrogens with zero attached hydrogens (tertiary/aromatic N) is 1. The van der Waals surface area contributed by atoms with Crippen LogP contribution in [0.1, 0.15) is 42.1 Å². The average molecular weight is 371 g/mol. The minimum Gasteiger partial charge on any atom is -0.335 e. The first-order valence-corrected chi connectivity index (χ1v) is 7.64. The van der Waals surface area contributed by atoms with E-state index in [2.05, 4.69) is 22.6 Å². The third-order valence-electron chi connectivity index (χ3n) is 3.58. The second-order valence-corrected chi connectivity index (χ2v) is 6.22. The minimum atomic E-state index is 0.0665. The Kier molecular flexibility index (Phi) is 4.60. The lowest BCUT2D eigenvalue weighted by Gasteiger charge is -2.24.